The molecule has 0 fully saturated rings. The van der Waals surface area contributed by atoms with E-state index in [-0.39, 0.29) is 23.4 Å². The van der Waals surface area contributed by atoms with E-state index >= 15 is 0 Å². The van der Waals surface area contributed by atoms with E-state index in [0.717, 1.165) is 6.42 Å². The Kier molecular flexibility index (Phi) is 4.79. The molecule has 0 saturated carbocycles. The zero-order chi connectivity index (χ0) is 9.72. The van der Waals surface area contributed by atoms with Gasteiger partial charge in [0, 0.05) is 18.3 Å². The van der Waals surface area contributed by atoms with Crippen LogP contribution < -0.4 is 0 Å². The van der Waals surface area contributed by atoms with Gasteiger partial charge in [-0.3, -0.25) is 4.79 Å². The van der Waals surface area contributed by atoms with Crippen LogP contribution in [-0.4, -0.2) is 11.6 Å². The summed E-state index contributed by atoms with van der Waals surface area (Å²) in [6.07, 6.45) is 1.18. The van der Waals surface area contributed by atoms with Gasteiger partial charge in [0.05, 0.1) is 0 Å². The zero-order valence-electron chi connectivity index (χ0n) is 8.39. The highest BCUT2D eigenvalue weighted by Gasteiger charge is 2.20. The lowest BCUT2D eigenvalue weighted by Gasteiger charge is -2.13. The lowest BCUT2D eigenvalue weighted by Crippen LogP contribution is -2.21. The van der Waals surface area contributed by atoms with Gasteiger partial charge in [-0.25, -0.2) is 0 Å². The van der Waals surface area contributed by atoms with Crippen molar-refractivity contribution in [3.63, 3.8) is 0 Å². The molecule has 1 atom stereocenters. The summed E-state index contributed by atoms with van der Waals surface area (Å²) in [5.74, 6) is 0.320. The Hall–Kier alpha value is -0.660. The van der Waals surface area contributed by atoms with Gasteiger partial charge >= 0.3 is 0 Å². The summed E-state index contributed by atoms with van der Waals surface area (Å²) in [4.78, 5) is 22.2. The third-order valence-electron chi connectivity index (χ3n) is 2.00. The minimum atomic E-state index is -0.0532. The molecular weight excluding hydrogens is 152 g/mol. The smallest absolute Gasteiger partial charge is 0.138 e. The summed E-state index contributed by atoms with van der Waals surface area (Å²) < 4.78 is 0. The predicted octanol–water partition coefficient (Wildman–Crippen LogP) is 2.22. The van der Waals surface area contributed by atoms with Crippen molar-refractivity contribution in [3.8, 4) is 0 Å². The Bertz CT molecular complexity index is 171. The predicted molar refractivity (Wildman–Crippen MR) is 48.9 cm³/mol. The minimum absolute atomic E-state index is 0.0503. The lowest BCUT2D eigenvalue weighted by atomic mass is 9.89. The lowest BCUT2D eigenvalue weighted by molar-refractivity contribution is -0.129. The Morgan fingerprint density at radius 2 is 1.75 bits per heavy atom. The fourth-order valence-electron chi connectivity index (χ4n) is 1.26. The van der Waals surface area contributed by atoms with Crippen LogP contribution >= 0.6 is 0 Å². The maximum atomic E-state index is 11.5. The SMILES string of the molecule is CCC(CC(C)=O)C(=O)C(C)C. The van der Waals surface area contributed by atoms with Crippen LogP contribution in [0, 0.1) is 11.8 Å². The second kappa shape index (κ2) is 5.07. The quantitative estimate of drug-likeness (QED) is 0.634. The zero-order valence-corrected chi connectivity index (χ0v) is 8.39. The highest BCUT2D eigenvalue weighted by Crippen LogP contribution is 2.15. The first kappa shape index (κ1) is 11.3. The molecule has 0 spiro atoms. The standard InChI is InChI=1S/C10H18O2/c1-5-9(6-8(4)11)10(12)7(2)3/h7,9H,5-6H2,1-4H3. The second-order valence-corrected chi connectivity index (χ2v) is 3.57. The molecule has 0 aromatic heterocycles. The first-order chi connectivity index (χ1) is 5.49. The number of ketones is 2. The monoisotopic (exact) mass is 170 g/mol. The number of carbonyl (C=O) groups excluding carboxylic acids is 2. The van der Waals surface area contributed by atoms with E-state index in [2.05, 4.69) is 0 Å². The summed E-state index contributed by atoms with van der Waals surface area (Å²) in [5.41, 5.74) is 0. The van der Waals surface area contributed by atoms with Crippen molar-refractivity contribution in [2.24, 2.45) is 11.8 Å². The number of rotatable bonds is 5. The topological polar surface area (TPSA) is 34.1 Å². The largest absolute Gasteiger partial charge is 0.300 e. The van der Waals surface area contributed by atoms with Crippen molar-refractivity contribution < 1.29 is 9.59 Å². The maximum Gasteiger partial charge on any atom is 0.138 e. The summed E-state index contributed by atoms with van der Waals surface area (Å²) in [5, 5.41) is 0. The third kappa shape index (κ3) is 3.65. The van der Waals surface area contributed by atoms with E-state index in [9.17, 15) is 9.59 Å². The fourth-order valence-corrected chi connectivity index (χ4v) is 1.26. The maximum absolute atomic E-state index is 11.5. The Balaban J connectivity index is 4.15. The summed E-state index contributed by atoms with van der Waals surface area (Å²) in [6.45, 7) is 7.25. The van der Waals surface area contributed by atoms with Gasteiger partial charge in [-0.15, -0.1) is 0 Å². The Labute approximate surface area is 74.3 Å². The first-order valence-electron chi connectivity index (χ1n) is 4.52. The molecule has 0 saturated heterocycles. The summed E-state index contributed by atoms with van der Waals surface area (Å²) in [6, 6.07) is 0. The fraction of sp³-hybridized carbons (Fsp3) is 0.800. The minimum Gasteiger partial charge on any atom is -0.300 e. The van der Waals surface area contributed by atoms with E-state index in [1.54, 1.807) is 0 Å². The molecule has 0 amide bonds. The van der Waals surface area contributed by atoms with Gasteiger partial charge in [0.25, 0.3) is 0 Å². The second-order valence-electron chi connectivity index (χ2n) is 3.57. The van der Waals surface area contributed by atoms with Crippen molar-refractivity contribution in [1.29, 1.82) is 0 Å². The molecule has 0 aromatic carbocycles. The number of carbonyl (C=O) groups is 2. The van der Waals surface area contributed by atoms with Crippen LogP contribution in [0.1, 0.15) is 40.5 Å². The van der Waals surface area contributed by atoms with Crippen molar-refractivity contribution in [2.45, 2.75) is 40.5 Å². The molecule has 0 aromatic rings. The third-order valence-corrected chi connectivity index (χ3v) is 2.00. The summed E-state index contributed by atoms with van der Waals surface area (Å²) in [7, 11) is 0. The molecule has 70 valence electrons. The molecule has 0 radical (unpaired) electrons. The van der Waals surface area contributed by atoms with Gasteiger partial charge in [0.15, 0.2) is 0 Å². The molecule has 12 heavy (non-hydrogen) atoms. The average Bonchev–Trinajstić information content (AvgIpc) is 1.98. The van der Waals surface area contributed by atoms with Gasteiger partial charge in [0.2, 0.25) is 0 Å². The van der Waals surface area contributed by atoms with Crippen molar-refractivity contribution >= 4 is 11.6 Å². The molecule has 1 unspecified atom stereocenters. The highest BCUT2D eigenvalue weighted by molar-refractivity contribution is 5.88. The van der Waals surface area contributed by atoms with E-state index in [1.807, 2.05) is 20.8 Å². The average molecular weight is 170 g/mol. The molecule has 2 heteroatoms. The van der Waals surface area contributed by atoms with Gasteiger partial charge in [0.1, 0.15) is 11.6 Å². The molecule has 0 aliphatic heterocycles. The van der Waals surface area contributed by atoms with E-state index in [1.165, 1.54) is 6.92 Å². The van der Waals surface area contributed by atoms with Crippen molar-refractivity contribution in [3.05, 3.63) is 0 Å². The van der Waals surface area contributed by atoms with Gasteiger partial charge in [-0.05, 0) is 13.3 Å². The van der Waals surface area contributed by atoms with Gasteiger partial charge < -0.3 is 4.79 Å². The molecule has 0 aliphatic rings. The molecule has 0 aliphatic carbocycles. The Morgan fingerprint density at radius 3 is 2.00 bits per heavy atom. The van der Waals surface area contributed by atoms with Crippen LogP contribution in [0.5, 0.6) is 0 Å². The van der Waals surface area contributed by atoms with Crippen LogP contribution in [0.25, 0.3) is 0 Å². The molecule has 0 N–H and O–H groups in total. The van der Waals surface area contributed by atoms with Crippen LogP contribution in [0.15, 0.2) is 0 Å². The molecule has 0 rings (SSSR count). The first-order valence-corrected chi connectivity index (χ1v) is 4.52. The van der Waals surface area contributed by atoms with E-state index in [0.29, 0.717) is 6.42 Å². The molecule has 0 bridgehead atoms. The van der Waals surface area contributed by atoms with Crippen LogP contribution in [0.3, 0.4) is 0 Å². The number of hydrogen-bond donors (Lipinski definition) is 0. The van der Waals surface area contributed by atoms with Crippen LogP contribution in [0.4, 0.5) is 0 Å². The van der Waals surface area contributed by atoms with Crippen LogP contribution in [-0.2, 0) is 9.59 Å². The van der Waals surface area contributed by atoms with E-state index in [4.69, 9.17) is 0 Å². The van der Waals surface area contributed by atoms with Gasteiger partial charge in [-0.2, -0.15) is 0 Å². The Morgan fingerprint density at radius 1 is 1.25 bits per heavy atom. The molecule has 2 nitrogen and oxygen atoms in total. The highest BCUT2D eigenvalue weighted by atomic mass is 16.1. The molecule has 0 heterocycles. The van der Waals surface area contributed by atoms with Crippen LogP contribution in [0.2, 0.25) is 0 Å². The van der Waals surface area contributed by atoms with Gasteiger partial charge in [-0.1, -0.05) is 20.8 Å². The van der Waals surface area contributed by atoms with Crippen molar-refractivity contribution in [2.75, 3.05) is 0 Å². The van der Waals surface area contributed by atoms with Crippen molar-refractivity contribution in [1.82, 2.24) is 0 Å². The summed E-state index contributed by atoms with van der Waals surface area (Å²) >= 11 is 0. The number of Topliss-reactive ketones (excluding diaryl/α,β-unsaturated/α-hetero) is 2. The molecular formula is C10H18O2. The normalized spacial score (nSPS) is 13.1. The number of hydrogen-bond acceptors (Lipinski definition) is 2. The van der Waals surface area contributed by atoms with E-state index < -0.39 is 0 Å².